The Morgan fingerprint density at radius 3 is 2.65 bits per heavy atom. The van der Waals surface area contributed by atoms with E-state index in [-0.39, 0.29) is 5.91 Å². The van der Waals surface area contributed by atoms with Gasteiger partial charge in [0.25, 0.3) is 0 Å². The first-order valence-electron chi connectivity index (χ1n) is 8.64. The molecule has 1 amide bonds. The summed E-state index contributed by atoms with van der Waals surface area (Å²) in [6.45, 7) is 4.59. The number of nitrogens with zero attached hydrogens (tertiary/aromatic N) is 5. The molecule has 0 radical (unpaired) electrons. The van der Waals surface area contributed by atoms with E-state index in [1.54, 1.807) is 19.4 Å². The van der Waals surface area contributed by atoms with E-state index in [2.05, 4.69) is 25.2 Å². The van der Waals surface area contributed by atoms with Crippen molar-refractivity contribution in [3.63, 3.8) is 0 Å². The molecule has 1 aliphatic rings. The lowest BCUT2D eigenvalue weighted by Crippen LogP contribution is -2.48. The summed E-state index contributed by atoms with van der Waals surface area (Å²) < 4.78 is 0. The highest BCUT2D eigenvalue weighted by Gasteiger charge is 2.19. The highest BCUT2D eigenvalue weighted by atomic mass is 16.2. The van der Waals surface area contributed by atoms with E-state index in [4.69, 9.17) is 0 Å². The first kappa shape index (κ1) is 16.3. The predicted molar refractivity (Wildman–Crippen MR) is 102 cm³/mol. The molecule has 7 nitrogen and oxygen atoms in total. The molecule has 1 aromatic carbocycles. The van der Waals surface area contributed by atoms with Crippen molar-refractivity contribution in [3.8, 4) is 0 Å². The Morgan fingerprint density at radius 1 is 1.04 bits per heavy atom. The Labute approximate surface area is 151 Å². The smallest absolute Gasteiger partial charge is 0.219 e. The van der Waals surface area contributed by atoms with Crippen LogP contribution in [0.25, 0.3) is 10.9 Å². The van der Waals surface area contributed by atoms with Crippen LogP contribution < -0.4 is 10.2 Å². The number of aromatic nitrogens is 3. The van der Waals surface area contributed by atoms with Gasteiger partial charge in [-0.1, -0.05) is 18.2 Å². The number of carbonyl (C=O) groups excluding carboxylic acids is 1. The van der Waals surface area contributed by atoms with Crippen molar-refractivity contribution in [2.75, 3.05) is 36.4 Å². The fourth-order valence-corrected chi connectivity index (χ4v) is 3.18. The monoisotopic (exact) mass is 348 g/mol. The molecule has 0 unspecified atom stereocenters. The highest BCUT2D eigenvalue weighted by Crippen LogP contribution is 2.25. The van der Waals surface area contributed by atoms with Crippen molar-refractivity contribution < 1.29 is 4.79 Å². The maximum absolute atomic E-state index is 11.5. The number of fused-ring (bicyclic) bond motifs is 1. The number of piperazine rings is 1. The van der Waals surface area contributed by atoms with Gasteiger partial charge in [0, 0.05) is 50.8 Å². The number of anilines is 3. The summed E-state index contributed by atoms with van der Waals surface area (Å²) >= 11 is 0. The van der Waals surface area contributed by atoms with Crippen molar-refractivity contribution in [1.82, 2.24) is 19.9 Å². The maximum atomic E-state index is 11.5. The number of hydrogen-bond acceptors (Lipinski definition) is 6. The summed E-state index contributed by atoms with van der Waals surface area (Å²) in [5.74, 6) is 1.71. The third-order valence-corrected chi connectivity index (χ3v) is 4.60. The third kappa shape index (κ3) is 3.28. The summed E-state index contributed by atoms with van der Waals surface area (Å²) in [6.07, 6.45) is 3.35. The van der Waals surface area contributed by atoms with Crippen LogP contribution in [0.2, 0.25) is 0 Å². The summed E-state index contributed by atoms with van der Waals surface area (Å²) in [7, 11) is 0. The second-order valence-electron chi connectivity index (χ2n) is 6.26. The SMILES string of the molecule is CC(=O)N1CCN(c2cc(Nc3cccc4cccnc34)ncn2)CC1. The van der Waals surface area contributed by atoms with Crippen LogP contribution in [0.3, 0.4) is 0 Å². The van der Waals surface area contributed by atoms with Gasteiger partial charge in [0.1, 0.15) is 18.0 Å². The van der Waals surface area contributed by atoms with Crippen LogP contribution in [0.1, 0.15) is 6.92 Å². The Hall–Kier alpha value is -3.22. The molecule has 1 N–H and O–H groups in total. The van der Waals surface area contributed by atoms with E-state index in [9.17, 15) is 4.79 Å². The molecule has 26 heavy (non-hydrogen) atoms. The molecular formula is C19H20N6O. The number of benzene rings is 1. The summed E-state index contributed by atoms with van der Waals surface area (Å²) in [5.41, 5.74) is 1.82. The topological polar surface area (TPSA) is 74.2 Å². The standard InChI is InChI=1S/C19H20N6O/c1-14(26)24-8-10-25(11-9-24)18-12-17(21-13-22-18)23-16-6-2-4-15-5-3-7-20-19(15)16/h2-7,12-13H,8-11H2,1H3,(H,21,22,23). The Balaban J connectivity index is 1.54. The van der Waals surface area contributed by atoms with Crippen LogP contribution in [0.5, 0.6) is 0 Å². The molecule has 3 aromatic rings. The molecule has 4 rings (SSSR count). The van der Waals surface area contributed by atoms with Crippen molar-refractivity contribution in [2.45, 2.75) is 6.92 Å². The van der Waals surface area contributed by atoms with Gasteiger partial charge < -0.3 is 15.1 Å². The molecular weight excluding hydrogens is 328 g/mol. The largest absolute Gasteiger partial charge is 0.353 e. The molecule has 0 saturated carbocycles. The van der Waals surface area contributed by atoms with E-state index < -0.39 is 0 Å². The molecule has 0 atom stereocenters. The van der Waals surface area contributed by atoms with Gasteiger partial charge in [0.05, 0.1) is 11.2 Å². The lowest BCUT2D eigenvalue weighted by atomic mass is 10.2. The molecule has 1 saturated heterocycles. The second-order valence-corrected chi connectivity index (χ2v) is 6.26. The van der Waals surface area contributed by atoms with Crippen LogP contribution in [-0.2, 0) is 4.79 Å². The first-order valence-corrected chi connectivity index (χ1v) is 8.64. The Morgan fingerprint density at radius 2 is 1.85 bits per heavy atom. The second kappa shape index (κ2) is 6.95. The molecule has 132 valence electrons. The molecule has 7 heteroatoms. The van der Waals surface area contributed by atoms with Crippen LogP contribution in [0.4, 0.5) is 17.3 Å². The lowest BCUT2D eigenvalue weighted by Gasteiger charge is -2.34. The zero-order valence-electron chi connectivity index (χ0n) is 14.6. The van der Waals surface area contributed by atoms with Crippen molar-refractivity contribution in [2.24, 2.45) is 0 Å². The van der Waals surface area contributed by atoms with Crippen LogP contribution >= 0.6 is 0 Å². The number of nitrogens with one attached hydrogen (secondary N) is 1. The number of rotatable bonds is 3. The van der Waals surface area contributed by atoms with Crippen LogP contribution in [-0.4, -0.2) is 51.9 Å². The van der Waals surface area contributed by atoms with Gasteiger partial charge in [0.2, 0.25) is 5.91 Å². The average Bonchev–Trinajstić information content (AvgIpc) is 2.69. The summed E-state index contributed by atoms with van der Waals surface area (Å²) in [4.78, 5) is 28.7. The molecule has 0 spiro atoms. The van der Waals surface area contributed by atoms with Gasteiger partial charge in [-0.05, 0) is 12.1 Å². The zero-order valence-corrected chi connectivity index (χ0v) is 14.6. The molecule has 0 bridgehead atoms. The molecule has 1 aliphatic heterocycles. The van der Waals surface area contributed by atoms with Gasteiger partial charge >= 0.3 is 0 Å². The predicted octanol–water partition coefficient (Wildman–Crippen LogP) is 2.44. The fourth-order valence-electron chi connectivity index (χ4n) is 3.18. The van der Waals surface area contributed by atoms with E-state index in [0.29, 0.717) is 0 Å². The van der Waals surface area contributed by atoms with Gasteiger partial charge in [-0.3, -0.25) is 9.78 Å². The molecule has 2 aromatic heterocycles. The van der Waals surface area contributed by atoms with Gasteiger partial charge in [-0.2, -0.15) is 0 Å². The zero-order chi connectivity index (χ0) is 17.9. The molecule has 3 heterocycles. The summed E-state index contributed by atoms with van der Waals surface area (Å²) in [5, 5.41) is 4.42. The lowest BCUT2D eigenvalue weighted by molar-refractivity contribution is -0.129. The highest BCUT2D eigenvalue weighted by molar-refractivity contribution is 5.91. The average molecular weight is 348 g/mol. The summed E-state index contributed by atoms with van der Waals surface area (Å²) in [6, 6.07) is 11.9. The molecule has 0 aliphatic carbocycles. The Kier molecular flexibility index (Phi) is 4.35. The minimum Gasteiger partial charge on any atom is -0.353 e. The minimum atomic E-state index is 0.123. The van der Waals surface area contributed by atoms with Crippen LogP contribution in [0, 0.1) is 0 Å². The number of carbonyl (C=O) groups is 1. The number of hydrogen-bond donors (Lipinski definition) is 1. The van der Waals surface area contributed by atoms with Crippen molar-refractivity contribution in [3.05, 3.63) is 48.9 Å². The van der Waals surface area contributed by atoms with Gasteiger partial charge in [-0.15, -0.1) is 0 Å². The van der Waals surface area contributed by atoms with Crippen molar-refractivity contribution in [1.29, 1.82) is 0 Å². The first-order chi connectivity index (χ1) is 12.7. The number of amides is 1. The van der Waals surface area contributed by atoms with E-state index in [1.807, 2.05) is 41.3 Å². The quantitative estimate of drug-likeness (QED) is 0.784. The maximum Gasteiger partial charge on any atom is 0.219 e. The number of para-hydroxylation sites is 1. The molecule has 1 fully saturated rings. The number of pyridine rings is 1. The van der Waals surface area contributed by atoms with E-state index in [1.165, 1.54) is 0 Å². The van der Waals surface area contributed by atoms with E-state index >= 15 is 0 Å². The van der Waals surface area contributed by atoms with Crippen LogP contribution in [0.15, 0.2) is 48.9 Å². The normalized spacial score (nSPS) is 14.5. The van der Waals surface area contributed by atoms with Gasteiger partial charge in [-0.25, -0.2) is 9.97 Å². The van der Waals surface area contributed by atoms with Crippen molar-refractivity contribution >= 4 is 34.1 Å². The van der Waals surface area contributed by atoms with Gasteiger partial charge in [0.15, 0.2) is 0 Å². The minimum absolute atomic E-state index is 0.123. The fraction of sp³-hybridized carbons (Fsp3) is 0.263. The Bertz CT molecular complexity index is 931. The van der Waals surface area contributed by atoms with E-state index in [0.717, 1.165) is 54.4 Å². The third-order valence-electron chi connectivity index (χ3n) is 4.60.